The summed E-state index contributed by atoms with van der Waals surface area (Å²) in [6.07, 6.45) is 1.89. The van der Waals surface area contributed by atoms with E-state index in [0.717, 1.165) is 15.7 Å². The number of anilines is 1. The molecule has 0 fully saturated rings. The molecule has 2 aromatic heterocycles. The number of fused-ring (bicyclic) bond motifs is 1. The molecule has 0 aliphatic carbocycles. The largest absolute Gasteiger partial charge is 0.398 e. The minimum atomic E-state index is 0.617. The summed E-state index contributed by atoms with van der Waals surface area (Å²) in [6, 6.07) is 9.08. The Kier molecular flexibility index (Phi) is 2.72. The van der Waals surface area contributed by atoms with Crippen LogP contribution < -0.4 is 5.73 Å². The van der Waals surface area contributed by atoms with Crippen molar-refractivity contribution in [2.75, 3.05) is 5.73 Å². The van der Waals surface area contributed by atoms with Gasteiger partial charge in [0.25, 0.3) is 0 Å². The van der Waals surface area contributed by atoms with E-state index >= 15 is 0 Å². The van der Waals surface area contributed by atoms with Crippen LogP contribution in [0.4, 0.5) is 5.69 Å². The highest BCUT2D eigenvalue weighted by atomic mass is 79.9. The first kappa shape index (κ1) is 11.5. The summed E-state index contributed by atoms with van der Waals surface area (Å²) in [5, 5.41) is 8.88. The molecule has 0 aliphatic heterocycles. The molecule has 6 heteroatoms. The zero-order chi connectivity index (χ0) is 12.7. The number of nitrogens with zero attached hydrogens (tertiary/aromatic N) is 3. The maximum Gasteiger partial charge on any atom is 0.170 e. The molecule has 4 nitrogen and oxygen atoms in total. The van der Waals surface area contributed by atoms with Crippen molar-refractivity contribution >= 4 is 38.9 Å². The van der Waals surface area contributed by atoms with Crippen LogP contribution in [0.25, 0.3) is 17.0 Å². The molecule has 18 heavy (non-hydrogen) atoms. The van der Waals surface area contributed by atoms with Crippen molar-refractivity contribution in [3.05, 3.63) is 46.0 Å². The van der Waals surface area contributed by atoms with Crippen LogP contribution in [-0.2, 0) is 0 Å². The fourth-order valence-electron chi connectivity index (χ4n) is 1.77. The minimum Gasteiger partial charge on any atom is -0.398 e. The van der Waals surface area contributed by atoms with Crippen LogP contribution in [0.5, 0.6) is 0 Å². The lowest BCUT2D eigenvalue weighted by Crippen LogP contribution is -1.94. The van der Waals surface area contributed by atoms with Crippen LogP contribution in [-0.4, -0.2) is 14.6 Å². The minimum absolute atomic E-state index is 0.617. The van der Waals surface area contributed by atoms with Crippen molar-refractivity contribution in [2.24, 2.45) is 0 Å². The maximum absolute atomic E-state index is 5.99. The van der Waals surface area contributed by atoms with E-state index < -0.39 is 0 Å². The second-order valence-corrected chi connectivity index (χ2v) is 5.18. The van der Waals surface area contributed by atoms with Crippen molar-refractivity contribution in [1.29, 1.82) is 0 Å². The summed E-state index contributed by atoms with van der Waals surface area (Å²) < 4.78 is 2.81. The van der Waals surface area contributed by atoms with Crippen LogP contribution >= 0.6 is 27.5 Å². The molecule has 90 valence electrons. The van der Waals surface area contributed by atoms with E-state index in [9.17, 15) is 0 Å². The Hall–Kier alpha value is -1.59. The Morgan fingerprint density at radius 2 is 2.00 bits per heavy atom. The molecule has 3 rings (SSSR count). The van der Waals surface area contributed by atoms with E-state index in [1.165, 1.54) is 0 Å². The number of pyridine rings is 1. The molecule has 1 aromatic carbocycles. The van der Waals surface area contributed by atoms with E-state index in [4.69, 9.17) is 17.3 Å². The van der Waals surface area contributed by atoms with Gasteiger partial charge in [-0.2, -0.15) is 0 Å². The van der Waals surface area contributed by atoms with Gasteiger partial charge in [0.05, 0.1) is 0 Å². The predicted octanol–water partition coefficient (Wildman–Crippen LogP) is 3.39. The SMILES string of the molecule is Nc1ccc(Cl)cc1-c1nnc2ccc(Br)cn12. The zero-order valence-corrected chi connectivity index (χ0v) is 11.5. The van der Waals surface area contributed by atoms with Gasteiger partial charge < -0.3 is 5.73 Å². The maximum atomic E-state index is 5.99. The van der Waals surface area contributed by atoms with Crippen LogP contribution in [0.15, 0.2) is 41.0 Å². The summed E-state index contributed by atoms with van der Waals surface area (Å²) in [6.45, 7) is 0. The molecule has 0 unspecified atom stereocenters. The third-order valence-electron chi connectivity index (χ3n) is 2.62. The average molecular weight is 324 g/mol. The average Bonchev–Trinajstić information content (AvgIpc) is 2.75. The summed E-state index contributed by atoms with van der Waals surface area (Å²) in [5.41, 5.74) is 8.11. The fraction of sp³-hybridized carbons (Fsp3) is 0. The van der Waals surface area contributed by atoms with Crippen molar-refractivity contribution < 1.29 is 0 Å². The molecule has 0 spiro atoms. The first-order chi connectivity index (χ1) is 8.65. The molecule has 3 aromatic rings. The summed E-state index contributed by atoms with van der Waals surface area (Å²) in [7, 11) is 0. The predicted molar refractivity (Wildman–Crippen MR) is 75.5 cm³/mol. The van der Waals surface area contributed by atoms with Gasteiger partial charge in [-0.25, -0.2) is 0 Å². The second kappa shape index (κ2) is 4.26. The standard InChI is InChI=1S/C12H8BrClN4/c13-7-1-4-11-16-17-12(18(11)6-7)9-5-8(14)2-3-10(9)15/h1-6H,15H2. The summed E-state index contributed by atoms with van der Waals surface area (Å²) in [5.74, 6) is 0.673. The third-order valence-corrected chi connectivity index (χ3v) is 3.33. The Balaban J connectivity index is 2.31. The van der Waals surface area contributed by atoms with E-state index in [2.05, 4.69) is 26.1 Å². The zero-order valence-electron chi connectivity index (χ0n) is 9.14. The van der Waals surface area contributed by atoms with Gasteiger partial charge in [-0.1, -0.05) is 11.6 Å². The second-order valence-electron chi connectivity index (χ2n) is 3.83. The van der Waals surface area contributed by atoms with Gasteiger partial charge in [-0.3, -0.25) is 4.40 Å². The Morgan fingerprint density at radius 3 is 2.83 bits per heavy atom. The van der Waals surface area contributed by atoms with Gasteiger partial charge in [-0.15, -0.1) is 10.2 Å². The number of rotatable bonds is 1. The highest BCUT2D eigenvalue weighted by molar-refractivity contribution is 9.10. The topological polar surface area (TPSA) is 56.2 Å². The van der Waals surface area contributed by atoms with Gasteiger partial charge in [0.15, 0.2) is 11.5 Å². The molecule has 2 heterocycles. The molecule has 0 amide bonds. The fourth-order valence-corrected chi connectivity index (χ4v) is 2.28. The van der Waals surface area contributed by atoms with Crippen molar-refractivity contribution in [3.8, 4) is 11.4 Å². The van der Waals surface area contributed by atoms with Crippen LogP contribution in [0.1, 0.15) is 0 Å². The molecule has 0 aliphatic rings. The van der Waals surface area contributed by atoms with E-state index in [0.29, 0.717) is 16.5 Å². The molecular weight excluding hydrogens is 316 g/mol. The van der Waals surface area contributed by atoms with Gasteiger partial charge in [0.1, 0.15) is 0 Å². The van der Waals surface area contributed by atoms with Crippen molar-refractivity contribution in [1.82, 2.24) is 14.6 Å². The highest BCUT2D eigenvalue weighted by Crippen LogP contribution is 2.28. The van der Waals surface area contributed by atoms with Crippen molar-refractivity contribution in [2.45, 2.75) is 0 Å². The highest BCUT2D eigenvalue weighted by Gasteiger charge is 2.11. The van der Waals surface area contributed by atoms with Gasteiger partial charge in [-0.05, 0) is 46.3 Å². The first-order valence-corrected chi connectivity index (χ1v) is 6.38. The van der Waals surface area contributed by atoms with Crippen LogP contribution in [0.3, 0.4) is 0 Å². The molecule has 2 N–H and O–H groups in total. The molecule has 0 atom stereocenters. The number of benzene rings is 1. The molecule has 0 radical (unpaired) electrons. The van der Waals surface area contributed by atoms with Crippen LogP contribution in [0.2, 0.25) is 5.02 Å². The Bertz CT molecular complexity index is 738. The van der Waals surface area contributed by atoms with Crippen molar-refractivity contribution in [3.63, 3.8) is 0 Å². The smallest absolute Gasteiger partial charge is 0.170 e. The molecular formula is C12H8BrClN4. The molecule has 0 saturated carbocycles. The first-order valence-electron chi connectivity index (χ1n) is 5.21. The third kappa shape index (κ3) is 1.85. The number of halogens is 2. The normalized spacial score (nSPS) is 11.0. The van der Waals surface area contributed by atoms with E-state index in [-0.39, 0.29) is 0 Å². The number of hydrogen-bond acceptors (Lipinski definition) is 3. The number of nitrogens with two attached hydrogens (primary N) is 1. The van der Waals surface area contributed by atoms with Gasteiger partial charge >= 0.3 is 0 Å². The number of aromatic nitrogens is 3. The Morgan fingerprint density at radius 1 is 1.17 bits per heavy atom. The van der Waals surface area contributed by atoms with E-state index in [1.807, 2.05) is 22.7 Å². The lowest BCUT2D eigenvalue weighted by Gasteiger charge is -2.04. The lowest BCUT2D eigenvalue weighted by molar-refractivity contribution is 1.11. The lowest BCUT2D eigenvalue weighted by atomic mass is 10.1. The van der Waals surface area contributed by atoms with Gasteiger partial charge in [0.2, 0.25) is 0 Å². The quantitative estimate of drug-likeness (QED) is 0.698. The monoisotopic (exact) mass is 322 g/mol. The van der Waals surface area contributed by atoms with E-state index in [1.54, 1.807) is 18.2 Å². The Labute approximate surface area is 117 Å². The van der Waals surface area contributed by atoms with Gasteiger partial charge in [0, 0.05) is 26.9 Å². The molecule has 0 bridgehead atoms. The number of hydrogen-bond donors (Lipinski definition) is 1. The summed E-state index contributed by atoms with van der Waals surface area (Å²) in [4.78, 5) is 0. The number of nitrogen functional groups attached to an aromatic ring is 1. The van der Waals surface area contributed by atoms with Crippen LogP contribution in [0, 0.1) is 0 Å². The molecule has 0 saturated heterocycles. The summed E-state index contributed by atoms with van der Waals surface area (Å²) >= 11 is 9.42.